The number of hydrogen-bond donors (Lipinski definition) is 0. The predicted molar refractivity (Wildman–Crippen MR) is 82.0 cm³/mol. The zero-order chi connectivity index (χ0) is 14.5. The number of halogens is 1. The van der Waals surface area contributed by atoms with E-state index in [4.69, 9.17) is 11.6 Å². The lowest BCUT2D eigenvalue weighted by molar-refractivity contribution is 0.0708. The Morgan fingerprint density at radius 1 is 1.20 bits per heavy atom. The molecule has 1 aromatic carbocycles. The molecule has 0 aromatic heterocycles. The molecule has 2 fully saturated rings. The summed E-state index contributed by atoms with van der Waals surface area (Å²) in [5.41, 5.74) is 1.38. The van der Waals surface area contributed by atoms with E-state index in [1.54, 1.807) is 12.1 Å². The SMILES string of the molecule is CC1(C)C[C@@H]2C[C@](C)(CN2C(=O)c2ccc(Cl)cc2)C1. The summed E-state index contributed by atoms with van der Waals surface area (Å²) in [5.74, 6) is 0.160. The summed E-state index contributed by atoms with van der Waals surface area (Å²) in [6.45, 7) is 7.87. The quantitative estimate of drug-likeness (QED) is 0.752. The minimum absolute atomic E-state index is 0.160. The van der Waals surface area contributed by atoms with Crippen LogP contribution in [0.3, 0.4) is 0 Å². The largest absolute Gasteiger partial charge is 0.335 e. The Hall–Kier alpha value is -1.02. The van der Waals surface area contributed by atoms with E-state index in [0.29, 0.717) is 16.5 Å². The third-order valence-electron chi connectivity index (χ3n) is 4.77. The van der Waals surface area contributed by atoms with Crippen LogP contribution in [-0.4, -0.2) is 23.4 Å². The fraction of sp³-hybridized carbons (Fsp3) is 0.588. The van der Waals surface area contributed by atoms with Crippen molar-refractivity contribution in [3.63, 3.8) is 0 Å². The highest BCUT2D eigenvalue weighted by atomic mass is 35.5. The van der Waals surface area contributed by atoms with Gasteiger partial charge in [-0.25, -0.2) is 0 Å². The lowest BCUT2D eigenvalue weighted by Crippen LogP contribution is -2.37. The Kier molecular flexibility index (Phi) is 3.13. The zero-order valence-electron chi connectivity index (χ0n) is 12.4. The number of carbonyl (C=O) groups is 1. The van der Waals surface area contributed by atoms with Crippen molar-refractivity contribution in [3.8, 4) is 0 Å². The van der Waals surface area contributed by atoms with Crippen molar-refractivity contribution in [2.24, 2.45) is 10.8 Å². The van der Waals surface area contributed by atoms with Gasteiger partial charge in [-0.2, -0.15) is 0 Å². The van der Waals surface area contributed by atoms with Gasteiger partial charge in [0.2, 0.25) is 0 Å². The van der Waals surface area contributed by atoms with Crippen LogP contribution in [0.1, 0.15) is 50.4 Å². The molecule has 1 amide bonds. The molecule has 1 saturated heterocycles. The van der Waals surface area contributed by atoms with E-state index in [9.17, 15) is 4.79 Å². The minimum Gasteiger partial charge on any atom is -0.335 e. The van der Waals surface area contributed by atoms with Crippen molar-refractivity contribution in [2.75, 3.05) is 6.54 Å². The molecule has 108 valence electrons. The maximum atomic E-state index is 12.7. The van der Waals surface area contributed by atoms with E-state index in [1.165, 1.54) is 6.42 Å². The highest BCUT2D eigenvalue weighted by Gasteiger charge is 2.50. The number of hydrogen-bond acceptors (Lipinski definition) is 1. The molecule has 20 heavy (non-hydrogen) atoms. The molecule has 0 radical (unpaired) electrons. The molecular formula is C17H22ClNO. The van der Waals surface area contributed by atoms with Gasteiger partial charge in [-0.3, -0.25) is 4.79 Å². The number of rotatable bonds is 1. The second-order valence-electron chi connectivity index (χ2n) is 7.65. The molecule has 1 aromatic rings. The second kappa shape index (κ2) is 4.49. The number of likely N-dealkylation sites (tertiary alicyclic amines) is 1. The Labute approximate surface area is 126 Å². The monoisotopic (exact) mass is 291 g/mol. The van der Waals surface area contributed by atoms with Gasteiger partial charge in [-0.15, -0.1) is 0 Å². The maximum Gasteiger partial charge on any atom is 0.254 e. The highest BCUT2D eigenvalue weighted by Crippen LogP contribution is 2.52. The van der Waals surface area contributed by atoms with Crippen LogP contribution in [-0.2, 0) is 0 Å². The first-order chi connectivity index (χ1) is 9.28. The second-order valence-corrected chi connectivity index (χ2v) is 8.09. The van der Waals surface area contributed by atoms with Crippen molar-refractivity contribution in [1.29, 1.82) is 0 Å². The molecule has 0 N–H and O–H groups in total. The fourth-order valence-corrected chi connectivity index (χ4v) is 4.58. The molecule has 2 nitrogen and oxygen atoms in total. The summed E-state index contributed by atoms with van der Waals surface area (Å²) in [7, 11) is 0. The van der Waals surface area contributed by atoms with Gasteiger partial charge in [0.15, 0.2) is 0 Å². The van der Waals surface area contributed by atoms with E-state index in [2.05, 4.69) is 25.7 Å². The standard InChI is InChI=1S/C17H22ClNO/c1-16(2)8-14-9-17(3,10-16)11-19(14)15(20)12-4-6-13(18)7-5-12/h4-7,14H,8-11H2,1-3H3/t14-,17+/m1/s1. The summed E-state index contributed by atoms with van der Waals surface area (Å²) >= 11 is 5.90. The van der Waals surface area contributed by atoms with Crippen LogP contribution in [0, 0.1) is 10.8 Å². The lowest BCUT2D eigenvalue weighted by atomic mass is 9.65. The molecule has 0 unspecified atom stereocenters. The average Bonchev–Trinajstić information content (AvgIpc) is 2.58. The summed E-state index contributed by atoms with van der Waals surface area (Å²) in [6.07, 6.45) is 3.47. The molecule has 1 aliphatic carbocycles. The highest BCUT2D eigenvalue weighted by molar-refractivity contribution is 6.30. The van der Waals surface area contributed by atoms with Gasteiger partial charge in [-0.1, -0.05) is 32.4 Å². The Morgan fingerprint density at radius 3 is 2.50 bits per heavy atom. The third-order valence-corrected chi connectivity index (χ3v) is 5.02. The van der Waals surface area contributed by atoms with Crippen LogP contribution in [0.5, 0.6) is 0 Å². The number of amides is 1. The smallest absolute Gasteiger partial charge is 0.254 e. The fourth-order valence-electron chi connectivity index (χ4n) is 4.46. The van der Waals surface area contributed by atoms with Crippen LogP contribution in [0.2, 0.25) is 5.02 Å². The first-order valence-electron chi connectivity index (χ1n) is 7.35. The van der Waals surface area contributed by atoms with Crippen molar-refractivity contribution in [3.05, 3.63) is 34.9 Å². The summed E-state index contributed by atoms with van der Waals surface area (Å²) in [4.78, 5) is 14.8. The molecule has 2 aliphatic rings. The predicted octanol–water partition coefficient (Wildman–Crippen LogP) is 4.38. The number of carbonyl (C=O) groups excluding carboxylic acids is 1. The first kappa shape index (κ1) is 13.9. The minimum atomic E-state index is 0.160. The number of fused-ring (bicyclic) bond motifs is 2. The number of nitrogens with zero attached hydrogens (tertiary/aromatic N) is 1. The van der Waals surface area contributed by atoms with Gasteiger partial charge in [0.25, 0.3) is 5.91 Å². The van der Waals surface area contributed by atoms with E-state index < -0.39 is 0 Å². The van der Waals surface area contributed by atoms with Crippen molar-refractivity contribution < 1.29 is 4.79 Å². The summed E-state index contributed by atoms with van der Waals surface area (Å²) in [6, 6.07) is 7.65. The molecule has 0 spiro atoms. The molecule has 3 rings (SSSR count). The lowest BCUT2D eigenvalue weighted by Gasteiger charge is -2.39. The Bertz CT molecular complexity index is 536. The van der Waals surface area contributed by atoms with Crippen LogP contribution < -0.4 is 0 Å². The van der Waals surface area contributed by atoms with Gasteiger partial charge in [0.05, 0.1) is 0 Å². The average molecular weight is 292 g/mol. The first-order valence-corrected chi connectivity index (χ1v) is 7.72. The molecule has 2 atom stereocenters. The summed E-state index contributed by atoms with van der Waals surface area (Å²) in [5, 5.41) is 0.676. The topological polar surface area (TPSA) is 20.3 Å². The van der Waals surface area contributed by atoms with Gasteiger partial charge < -0.3 is 4.90 Å². The summed E-state index contributed by atoms with van der Waals surface area (Å²) < 4.78 is 0. The van der Waals surface area contributed by atoms with Gasteiger partial charge in [0.1, 0.15) is 0 Å². The van der Waals surface area contributed by atoms with E-state index in [-0.39, 0.29) is 11.3 Å². The molecule has 2 bridgehead atoms. The molecule has 3 heteroatoms. The normalized spacial score (nSPS) is 31.4. The van der Waals surface area contributed by atoms with Crippen LogP contribution >= 0.6 is 11.6 Å². The molecule has 1 aliphatic heterocycles. The molecular weight excluding hydrogens is 270 g/mol. The van der Waals surface area contributed by atoms with Crippen molar-refractivity contribution in [1.82, 2.24) is 4.90 Å². The third kappa shape index (κ3) is 2.46. The molecule has 1 heterocycles. The maximum absolute atomic E-state index is 12.7. The van der Waals surface area contributed by atoms with Crippen LogP contribution in [0.15, 0.2) is 24.3 Å². The van der Waals surface area contributed by atoms with E-state index in [1.807, 2.05) is 12.1 Å². The zero-order valence-corrected chi connectivity index (χ0v) is 13.2. The van der Waals surface area contributed by atoms with Gasteiger partial charge >= 0.3 is 0 Å². The van der Waals surface area contributed by atoms with Crippen LogP contribution in [0.25, 0.3) is 0 Å². The molecule has 1 saturated carbocycles. The Balaban J connectivity index is 1.85. The number of benzene rings is 1. The van der Waals surface area contributed by atoms with E-state index in [0.717, 1.165) is 24.9 Å². The Morgan fingerprint density at radius 2 is 1.85 bits per heavy atom. The van der Waals surface area contributed by atoms with Gasteiger partial charge in [0, 0.05) is 23.2 Å². The van der Waals surface area contributed by atoms with Gasteiger partial charge in [-0.05, 0) is 54.4 Å². The van der Waals surface area contributed by atoms with Crippen molar-refractivity contribution in [2.45, 2.75) is 46.1 Å². The van der Waals surface area contributed by atoms with Crippen LogP contribution in [0.4, 0.5) is 0 Å². The van der Waals surface area contributed by atoms with Crippen molar-refractivity contribution >= 4 is 17.5 Å². The van der Waals surface area contributed by atoms with E-state index >= 15 is 0 Å².